The first-order valence-electron chi connectivity index (χ1n) is 6.36. The van der Waals surface area contributed by atoms with Gasteiger partial charge >= 0.3 is 0 Å². The largest absolute Gasteiger partial charge is 0.467 e. The minimum atomic E-state index is -0.293. The Kier molecular flexibility index (Phi) is 4.57. The van der Waals surface area contributed by atoms with Crippen molar-refractivity contribution in [1.29, 1.82) is 0 Å². The van der Waals surface area contributed by atoms with Crippen LogP contribution in [0.1, 0.15) is 28.9 Å². The first-order chi connectivity index (χ1) is 9.61. The topological polar surface area (TPSA) is 77.5 Å². The van der Waals surface area contributed by atoms with Gasteiger partial charge in [0.15, 0.2) is 0 Å². The van der Waals surface area contributed by atoms with Crippen LogP contribution in [-0.4, -0.2) is 24.7 Å². The second-order valence-corrected chi connectivity index (χ2v) is 4.52. The number of carbonyl (C=O) groups is 1. The van der Waals surface area contributed by atoms with E-state index in [0.29, 0.717) is 18.1 Å². The Morgan fingerprint density at radius 3 is 2.85 bits per heavy atom. The summed E-state index contributed by atoms with van der Waals surface area (Å²) < 4.78 is 15.6. The molecule has 1 N–H and O–H groups in total. The summed E-state index contributed by atoms with van der Waals surface area (Å²) in [4.78, 5) is 11.9. The fraction of sp³-hybridized carbons (Fsp3) is 0.429. The number of amides is 1. The van der Waals surface area contributed by atoms with Crippen LogP contribution in [0, 0.1) is 13.8 Å². The molecule has 0 aliphatic rings. The number of rotatable bonds is 6. The Morgan fingerprint density at radius 1 is 1.50 bits per heavy atom. The predicted molar refractivity (Wildman–Crippen MR) is 71.1 cm³/mol. The monoisotopic (exact) mass is 278 g/mol. The summed E-state index contributed by atoms with van der Waals surface area (Å²) in [7, 11) is 1.58. The second-order valence-electron chi connectivity index (χ2n) is 4.52. The summed E-state index contributed by atoms with van der Waals surface area (Å²) in [5.41, 5.74) is 1.57. The fourth-order valence-electron chi connectivity index (χ4n) is 1.96. The van der Waals surface area contributed by atoms with Gasteiger partial charge in [-0.15, -0.1) is 0 Å². The molecule has 0 aliphatic heterocycles. The number of hydrogen-bond donors (Lipinski definition) is 1. The zero-order valence-corrected chi connectivity index (χ0v) is 11.8. The van der Waals surface area contributed by atoms with Crippen molar-refractivity contribution < 1.29 is 18.5 Å². The van der Waals surface area contributed by atoms with E-state index in [0.717, 1.165) is 11.3 Å². The van der Waals surface area contributed by atoms with Gasteiger partial charge in [-0.2, -0.15) is 0 Å². The van der Waals surface area contributed by atoms with Gasteiger partial charge in [0.25, 0.3) is 0 Å². The molecule has 0 aromatic carbocycles. The summed E-state index contributed by atoms with van der Waals surface area (Å²) in [6.07, 6.45) is 1.53. The van der Waals surface area contributed by atoms with Gasteiger partial charge in [-0.3, -0.25) is 4.79 Å². The van der Waals surface area contributed by atoms with Crippen LogP contribution in [0.15, 0.2) is 27.3 Å². The lowest BCUT2D eigenvalue weighted by atomic mass is 10.1. The number of ether oxygens (including phenoxy) is 1. The third kappa shape index (κ3) is 3.27. The highest BCUT2D eigenvalue weighted by Gasteiger charge is 2.17. The number of hydrogen-bond acceptors (Lipinski definition) is 5. The summed E-state index contributed by atoms with van der Waals surface area (Å²) in [6.45, 7) is 3.97. The second kappa shape index (κ2) is 6.38. The van der Waals surface area contributed by atoms with Crippen molar-refractivity contribution in [1.82, 2.24) is 10.5 Å². The van der Waals surface area contributed by atoms with E-state index in [1.807, 2.05) is 13.0 Å². The van der Waals surface area contributed by atoms with Crippen molar-refractivity contribution in [2.75, 3.05) is 13.7 Å². The van der Waals surface area contributed by atoms with Crippen molar-refractivity contribution >= 4 is 5.91 Å². The van der Waals surface area contributed by atoms with E-state index in [2.05, 4.69) is 10.5 Å². The van der Waals surface area contributed by atoms with Crippen molar-refractivity contribution in [3.05, 3.63) is 41.2 Å². The molecule has 1 amide bonds. The first kappa shape index (κ1) is 14.3. The average Bonchev–Trinajstić information content (AvgIpc) is 3.05. The molecule has 0 fully saturated rings. The van der Waals surface area contributed by atoms with Gasteiger partial charge in [0, 0.05) is 12.7 Å². The molecular formula is C14H18N2O4. The van der Waals surface area contributed by atoms with Gasteiger partial charge in [-0.05, 0) is 26.0 Å². The Morgan fingerprint density at radius 2 is 2.30 bits per heavy atom. The van der Waals surface area contributed by atoms with E-state index in [4.69, 9.17) is 13.7 Å². The minimum Gasteiger partial charge on any atom is -0.467 e. The molecule has 2 aromatic heterocycles. The zero-order valence-electron chi connectivity index (χ0n) is 11.8. The molecule has 0 spiro atoms. The average molecular weight is 278 g/mol. The maximum Gasteiger partial charge on any atom is 0.224 e. The zero-order chi connectivity index (χ0) is 14.5. The molecule has 6 nitrogen and oxygen atoms in total. The van der Waals surface area contributed by atoms with Crippen LogP contribution in [0.3, 0.4) is 0 Å². The number of methoxy groups -OCH3 is 1. The lowest BCUT2D eigenvalue weighted by Gasteiger charge is -2.13. The summed E-state index contributed by atoms with van der Waals surface area (Å²) in [6, 6.07) is 3.60. The highest BCUT2D eigenvalue weighted by molar-refractivity contribution is 5.79. The maximum absolute atomic E-state index is 11.9. The number of furan rings is 1. The molecule has 2 rings (SSSR count). The maximum atomic E-state index is 11.9. The fourth-order valence-corrected chi connectivity index (χ4v) is 1.96. The SMILES string of the molecule is CO[C@H](CNC(=O)Cc1c(C)noc1C)c1ccco1. The van der Waals surface area contributed by atoms with Gasteiger partial charge in [0.2, 0.25) is 5.91 Å². The van der Waals surface area contributed by atoms with Crippen LogP contribution in [0.2, 0.25) is 0 Å². The summed E-state index contributed by atoms with van der Waals surface area (Å²) in [5.74, 6) is 1.25. The highest BCUT2D eigenvalue weighted by atomic mass is 16.5. The van der Waals surface area contributed by atoms with E-state index in [1.165, 1.54) is 0 Å². The van der Waals surface area contributed by atoms with E-state index in [9.17, 15) is 4.79 Å². The Bertz CT molecular complexity index is 540. The normalized spacial score (nSPS) is 12.3. The highest BCUT2D eigenvalue weighted by Crippen LogP contribution is 2.16. The van der Waals surface area contributed by atoms with Crippen LogP contribution in [0.5, 0.6) is 0 Å². The molecule has 0 saturated carbocycles. The molecule has 0 bridgehead atoms. The molecule has 2 heterocycles. The standard InChI is InChI=1S/C14H18N2O4/c1-9-11(10(2)20-16-9)7-14(17)15-8-13(18-3)12-5-4-6-19-12/h4-6,13H,7-8H2,1-3H3,(H,15,17)/t13-/m1/s1. The van der Waals surface area contributed by atoms with E-state index < -0.39 is 0 Å². The van der Waals surface area contributed by atoms with Crippen LogP contribution in [0.25, 0.3) is 0 Å². The van der Waals surface area contributed by atoms with Crippen LogP contribution < -0.4 is 5.32 Å². The molecule has 1 atom stereocenters. The molecule has 0 unspecified atom stereocenters. The summed E-state index contributed by atoms with van der Waals surface area (Å²) in [5, 5.41) is 6.65. The Labute approximate surface area is 117 Å². The smallest absolute Gasteiger partial charge is 0.224 e. The van der Waals surface area contributed by atoms with Crippen LogP contribution in [0.4, 0.5) is 0 Å². The minimum absolute atomic E-state index is 0.104. The first-order valence-corrected chi connectivity index (χ1v) is 6.36. The van der Waals surface area contributed by atoms with Gasteiger partial charge in [-0.1, -0.05) is 5.16 Å². The number of aromatic nitrogens is 1. The van der Waals surface area contributed by atoms with Gasteiger partial charge in [-0.25, -0.2) is 0 Å². The van der Waals surface area contributed by atoms with E-state index >= 15 is 0 Å². The molecule has 2 aromatic rings. The van der Waals surface area contributed by atoms with Gasteiger partial charge in [0.1, 0.15) is 17.6 Å². The number of aryl methyl sites for hydroxylation is 2. The van der Waals surface area contributed by atoms with Gasteiger partial charge in [0.05, 0.1) is 24.9 Å². The van der Waals surface area contributed by atoms with Crippen molar-refractivity contribution in [2.45, 2.75) is 26.4 Å². The van der Waals surface area contributed by atoms with Crippen molar-refractivity contribution in [3.63, 3.8) is 0 Å². The number of nitrogens with one attached hydrogen (secondary N) is 1. The van der Waals surface area contributed by atoms with Crippen LogP contribution in [-0.2, 0) is 16.0 Å². The molecular weight excluding hydrogens is 260 g/mol. The Balaban J connectivity index is 1.89. The quantitative estimate of drug-likeness (QED) is 0.873. The molecule has 6 heteroatoms. The third-order valence-electron chi connectivity index (χ3n) is 3.15. The van der Waals surface area contributed by atoms with Gasteiger partial charge < -0.3 is 19.0 Å². The predicted octanol–water partition coefficient (Wildman–Crippen LogP) is 1.93. The molecule has 0 aliphatic carbocycles. The van der Waals surface area contributed by atoms with E-state index in [-0.39, 0.29) is 18.4 Å². The number of nitrogens with zero attached hydrogens (tertiary/aromatic N) is 1. The molecule has 20 heavy (non-hydrogen) atoms. The molecule has 0 radical (unpaired) electrons. The number of carbonyl (C=O) groups excluding carboxylic acids is 1. The molecule has 108 valence electrons. The van der Waals surface area contributed by atoms with Crippen molar-refractivity contribution in [2.24, 2.45) is 0 Å². The van der Waals surface area contributed by atoms with Crippen molar-refractivity contribution in [3.8, 4) is 0 Å². The van der Waals surface area contributed by atoms with E-state index in [1.54, 1.807) is 26.4 Å². The van der Waals surface area contributed by atoms with Crippen LogP contribution >= 0.6 is 0 Å². The summed E-state index contributed by atoms with van der Waals surface area (Å²) >= 11 is 0. The lowest BCUT2D eigenvalue weighted by Crippen LogP contribution is -2.30. The third-order valence-corrected chi connectivity index (χ3v) is 3.15. The lowest BCUT2D eigenvalue weighted by molar-refractivity contribution is -0.121. The molecule has 0 saturated heterocycles. The Hall–Kier alpha value is -2.08.